The number of fused-ring (bicyclic) bond motifs is 1. The third-order valence-electron chi connectivity index (χ3n) is 4.55. The molecule has 6 nitrogen and oxygen atoms in total. The maximum Gasteiger partial charge on any atom is 0.220 e. The van der Waals surface area contributed by atoms with Gasteiger partial charge in [0.1, 0.15) is 0 Å². The molecule has 110 valence electrons. The van der Waals surface area contributed by atoms with Gasteiger partial charge in [0.2, 0.25) is 5.91 Å². The van der Waals surface area contributed by atoms with Crippen molar-refractivity contribution in [3.63, 3.8) is 0 Å². The third kappa shape index (κ3) is 2.13. The average Bonchev–Trinajstić information content (AvgIpc) is 2.90. The van der Waals surface area contributed by atoms with Crippen LogP contribution in [-0.4, -0.2) is 35.6 Å². The van der Waals surface area contributed by atoms with Crippen molar-refractivity contribution in [2.24, 2.45) is 11.7 Å². The number of primary amides is 1. The zero-order valence-corrected chi connectivity index (χ0v) is 12.3. The lowest BCUT2D eigenvalue weighted by Crippen LogP contribution is -2.36. The lowest BCUT2D eigenvalue weighted by molar-refractivity contribution is -0.122. The van der Waals surface area contributed by atoms with Crippen LogP contribution in [0.25, 0.3) is 0 Å². The summed E-state index contributed by atoms with van der Waals surface area (Å²) in [6, 6.07) is 0. The lowest BCUT2D eigenvalue weighted by Gasteiger charge is -2.28. The molecule has 0 saturated carbocycles. The summed E-state index contributed by atoms with van der Waals surface area (Å²) in [6.07, 6.45) is 4.49. The predicted molar refractivity (Wildman–Crippen MR) is 73.9 cm³/mol. The molecule has 7 heteroatoms. The topological polar surface area (TPSA) is 95.1 Å². The summed E-state index contributed by atoms with van der Waals surface area (Å²) in [7, 11) is -2.99. The highest BCUT2D eigenvalue weighted by Gasteiger charge is 2.42. The van der Waals surface area contributed by atoms with Crippen molar-refractivity contribution in [1.29, 1.82) is 0 Å². The molecule has 1 aromatic heterocycles. The SMILES string of the molecule is C[C@]1(n2ncc3c2CC(C(N)=O)CC3)CCS(=O)(=O)C1. The fourth-order valence-electron chi connectivity index (χ4n) is 3.37. The van der Waals surface area contributed by atoms with Gasteiger partial charge < -0.3 is 5.73 Å². The van der Waals surface area contributed by atoms with E-state index >= 15 is 0 Å². The van der Waals surface area contributed by atoms with Crippen LogP contribution < -0.4 is 5.73 Å². The van der Waals surface area contributed by atoms with Gasteiger partial charge in [-0.1, -0.05) is 0 Å². The molecule has 2 N–H and O–H groups in total. The second-order valence-corrected chi connectivity index (χ2v) is 8.39. The molecule has 2 atom stereocenters. The Hall–Kier alpha value is -1.37. The van der Waals surface area contributed by atoms with Crippen LogP contribution in [0.2, 0.25) is 0 Å². The first-order valence-corrected chi connectivity index (χ1v) is 8.69. The summed E-state index contributed by atoms with van der Waals surface area (Å²) in [5, 5.41) is 4.41. The molecule has 1 aliphatic heterocycles. The maximum absolute atomic E-state index is 11.8. The number of rotatable bonds is 2. The van der Waals surface area contributed by atoms with Gasteiger partial charge in [0.15, 0.2) is 9.84 Å². The molecule has 1 fully saturated rings. The molecule has 1 amide bonds. The minimum Gasteiger partial charge on any atom is -0.369 e. The van der Waals surface area contributed by atoms with E-state index in [0.29, 0.717) is 12.8 Å². The molecular weight excluding hydrogens is 278 g/mol. The fraction of sp³-hybridized carbons (Fsp3) is 0.692. The molecule has 1 saturated heterocycles. The van der Waals surface area contributed by atoms with Crippen LogP contribution in [0.1, 0.15) is 31.0 Å². The first-order valence-electron chi connectivity index (χ1n) is 6.87. The van der Waals surface area contributed by atoms with E-state index in [1.807, 2.05) is 17.8 Å². The second kappa shape index (κ2) is 4.31. The maximum atomic E-state index is 11.8. The van der Waals surface area contributed by atoms with E-state index in [4.69, 9.17) is 5.73 Å². The molecule has 20 heavy (non-hydrogen) atoms. The molecule has 1 aliphatic carbocycles. The third-order valence-corrected chi connectivity index (χ3v) is 6.44. The van der Waals surface area contributed by atoms with Crippen LogP contribution in [0.3, 0.4) is 0 Å². The number of hydrogen-bond acceptors (Lipinski definition) is 4. The molecule has 1 aromatic rings. The van der Waals surface area contributed by atoms with E-state index in [2.05, 4.69) is 5.10 Å². The number of aromatic nitrogens is 2. The van der Waals surface area contributed by atoms with Crippen molar-refractivity contribution in [1.82, 2.24) is 9.78 Å². The largest absolute Gasteiger partial charge is 0.369 e. The molecule has 2 heterocycles. The average molecular weight is 297 g/mol. The number of nitrogens with zero attached hydrogens (tertiary/aromatic N) is 2. The normalized spacial score (nSPS) is 31.9. The monoisotopic (exact) mass is 297 g/mol. The van der Waals surface area contributed by atoms with E-state index in [9.17, 15) is 13.2 Å². The molecule has 0 radical (unpaired) electrons. The van der Waals surface area contributed by atoms with Crippen molar-refractivity contribution in [3.8, 4) is 0 Å². The first-order chi connectivity index (χ1) is 9.31. The van der Waals surface area contributed by atoms with Crippen LogP contribution in [-0.2, 0) is 33.0 Å². The molecule has 3 rings (SSSR count). The van der Waals surface area contributed by atoms with Crippen LogP contribution >= 0.6 is 0 Å². The van der Waals surface area contributed by atoms with Gasteiger partial charge in [0.05, 0.1) is 23.2 Å². The van der Waals surface area contributed by atoms with Crippen LogP contribution in [0.5, 0.6) is 0 Å². The van der Waals surface area contributed by atoms with E-state index in [-0.39, 0.29) is 23.3 Å². The van der Waals surface area contributed by atoms with Crippen molar-refractivity contribution in [2.75, 3.05) is 11.5 Å². The van der Waals surface area contributed by atoms with Gasteiger partial charge in [0.25, 0.3) is 0 Å². The van der Waals surface area contributed by atoms with Crippen molar-refractivity contribution in [2.45, 2.75) is 38.1 Å². The summed E-state index contributed by atoms with van der Waals surface area (Å²) < 4.78 is 25.4. The summed E-state index contributed by atoms with van der Waals surface area (Å²) in [6.45, 7) is 1.93. The molecule has 1 unspecified atom stereocenters. The highest BCUT2D eigenvalue weighted by Crippen LogP contribution is 2.35. The predicted octanol–water partition coefficient (Wildman–Crippen LogP) is 0.00700. The molecule has 0 spiro atoms. The summed E-state index contributed by atoms with van der Waals surface area (Å²) >= 11 is 0. The lowest BCUT2D eigenvalue weighted by atomic mass is 9.87. The van der Waals surface area contributed by atoms with E-state index in [1.54, 1.807) is 0 Å². The Bertz CT molecular complexity index is 664. The Morgan fingerprint density at radius 3 is 2.90 bits per heavy atom. The number of sulfone groups is 1. The molecule has 2 aliphatic rings. The molecule has 0 bridgehead atoms. The van der Waals surface area contributed by atoms with Crippen LogP contribution in [0.4, 0.5) is 0 Å². The number of hydrogen-bond donors (Lipinski definition) is 1. The fourth-order valence-corrected chi connectivity index (χ4v) is 5.48. The zero-order chi connectivity index (χ0) is 14.5. The Morgan fingerprint density at radius 1 is 1.55 bits per heavy atom. The van der Waals surface area contributed by atoms with Gasteiger partial charge in [-0.15, -0.1) is 0 Å². The Labute approximate surface area is 118 Å². The quantitative estimate of drug-likeness (QED) is 0.831. The number of carbonyl (C=O) groups excluding carboxylic acids is 1. The van der Waals surface area contributed by atoms with Gasteiger partial charge >= 0.3 is 0 Å². The number of amides is 1. The Kier molecular flexibility index (Phi) is 2.93. The minimum atomic E-state index is -2.99. The number of aryl methyl sites for hydroxylation is 1. The molecular formula is C13H19N3O3S. The standard InChI is InChI=1S/C13H19N3O3S/c1-13(4-5-20(18,19)8-13)16-11-6-9(12(14)17)2-3-10(11)7-15-16/h7,9H,2-6,8H2,1H3,(H2,14,17)/t9?,13-/m0/s1. The summed E-state index contributed by atoms with van der Waals surface area (Å²) in [5.41, 5.74) is 7.02. The van der Waals surface area contributed by atoms with Gasteiger partial charge in [-0.3, -0.25) is 9.48 Å². The second-order valence-electron chi connectivity index (χ2n) is 6.21. The van der Waals surface area contributed by atoms with E-state index in [1.165, 1.54) is 0 Å². The first kappa shape index (κ1) is 13.6. The zero-order valence-electron chi connectivity index (χ0n) is 11.5. The van der Waals surface area contributed by atoms with Crippen molar-refractivity contribution in [3.05, 3.63) is 17.5 Å². The summed E-state index contributed by atoms with van der Waals surface area (Å²) in [4.78, 5) is 11.4. The van der Waals surface area contributed by atoms with Crippen LogP contribution in [0.15, 0.2) is 6.20 Å². The smallest absolute Gasteiger partial charge is 0.220 e. The van der Waals surface area contributed by atoms with Gasteiger partial charge in [-0.2, -0.15) is 5.10 Å². The van der Waals surface area contributed by atoms with Gasteiger partial charge in [-0.05, 0) is 31.7 Å². The summed E-state index contributed by atoms with van der Waals surface area (Å²) in [5.74, 6) is -0.126. The van der Waals surface area contributed by atoms with Gasteiger partial charge in [0, 0.05) is 18.0 Å². The van der Waals surface area contributed by atoms with Crippen molar-refractivity contribution >= 4 is 15.7 Å². The number of carbonyl (C=O) groups is 1. The Morgan fingerprint density at radius 2 is 2.30 bits per heavy atom. The highest BCUT2D eigenvalue weighted by atomic mass is 32.2. The number of nitrogens with two attached hydrogens (primary N) is 1. The van der Waals surface area contributed by atoms with E-state index < -0.39 is 15.4 Å². The van der Waals surface area contributed by atoms with Crippen molar-refractivity contribution < 1.29 is 13.2 Å². The Balaban J connectivity index is 1.97. The van der Waals surface area contributed by atoms with E-state index in [0.717, 1.165) is 24.1 Å². The van der Waals surface area contributed by atoms with Gasteiger partial charge in [-0.25, -0.2) is 8.42 Å². The molecule has 0 aromatic carbocycles. The minimum absolute atomic E-state index is 0.120. The van der Waals surface area contributed by atoms with Crippen LogP contribution in [0, 0.1) is 5.92 Å². The highest BCUT2D eigenvalue weighted by molar-refractivity contribution is 7.91.